The molecule has 0 aromatic carbocycles. The van der Waals surface area contributed by atoms with E-state index in [9.17, 15) is 4.79 Å². The van der Waals surface area contributed by atoms with Gasteiger partial charge < -0.3 is 5.11 Å². The number of carboxylic acid groups (broad SMARTS) is 1. The van der Waals surface area contributed by atoms with Crippen molar-refractivity contribution >= 4 is 5.97 Å². The molecule has 0 rings (SSSR count). The number of allylic oxidation sites excluding steroid dienone is 3. The molecule has 11 heavy (non-hydrogen) atoms. The van der Waals surface area contributed by atoms with Crippen molar-refractivity contribution in [1.29, 1.82) is 0 Å². The Bertz CT molecular complexity index is 196. The van der Waals surface area contributed by atoms with Gasteiger partial charge in [0, 0.05) is 6.42 Å². The van der Waals surface area contributed by atoms with Gasteiger partial charge in [0.1, 0.15) is 0 Å². The van der Waals surface area contributed by atoms with Crippen LogP contribution >= 0.6 is 0 Å². The molecular formula is C9H12O2. The maximum absolute atomic E-state index is 10.0. The number of carbonyl (C=O) groups is 1. The number of hydrogen-bond donors (Lipinski definition) is 1. The molecule has 0 atom stereocenters. The highest BCUT2D eigenvalue weighted by Gasteiger charge is 1.90. The number of rotatable bonds is 4. The summed E-state index contributed by atoms with van der Waals surface area (Å²) in [4.78, 5) is 10.0. The van der Waals surface area contributed by atoms with Crippen LogP contribution in [0.15, 0.2) is 30.0 Å². The predicted octanol–water partition coefficient (Wildman–Crippen LogP) is 2.14. The van der Waals surface area contributed by atoms with Gasteiger partial charge in [0.2, 0.25) is 0 Å². The Kier molecular flexibility index (Phi) is 6.05. The highest BCUT2D eigenvalue weighted by Crippen LogP contribution is 1.90. The molecule has 0 saturated carbocycles. The minimum absolute atomic E-state index is 0.195. The first-order chi connectivity index (χ1) is 5.27. The summed E-state index contributed by atoms with van der Waals surface area (Å²) in [6.45, 7) is 1.88. The third-order valence-corrected chi connectivity index (χ3v) is 1.02. The van der Waals surface area contributed by atoms with Crippen molar-refractivity contribution in [3.05, 3.63) is 30.0 Å². The summed E-state index contributed by atoms with van der Waals surface area (Å²) < 4.78 is 0. The van der Waals surface area contributed by atoms with Crippen LogP contribution in [0.5, 0.6) is 0 Å². The summed E-state index contributed by atoms with van der Waals surface area (Å²) in [5.74, 6) is -0.760. The Hall–Kier alpha value is -1.27. The summed E-state index contributed by atoms with van der Waals surface area (Å²) in [5, 5.41) is 8.25. The van der Waals surface area contributed by atoms with Gasteiger partial charge in [0.25, 0.3) is 0 Å². The summed E-state index contributed by atoms with van der Waals surface area (Å²) >= 11 is 0. The molecule has 0 aliphatic rings. The van der Waals surface area contributed by atoms with Crippen molar-refractivity contribution in [2.24, 2.45) is 0 Å². The zero-order valence-corrected chi connectivity index (χ0v) is 6.58. The normalized spacial score (nSPS) is 9.18. The van der Waals surface area contributed by atoms with Crippen LogP contribution in [0.25, 0.3) is 0 Å². The van der Waals surface area contributed by atoms with Gasteiger partial charge in [-0.1, -0.05) is 12.2 Å². The van der Waals surface area contributed by atoms with Gasteiger partial charge in [-0.25, -0.2) is 0 Å². The lowest BCUT2D eigenvalue weighted by Gasteiger charge is -1.84. The molecule has 0 aromatic rings. The molecule has 2 nitrogen and oxygen atoms in total. The zero-order valence-electron chi connectivity index (χ0n) is 6.58. The molecule has 0 saturated heterocycles. The molecule has 0 radical (unpaired) electrons. The van der Waals surface area contributed by atoms with E-state index in [0.29, 0.717) is 6.42 Å². The standard InChI is InChI=1S/C9H12O2/c1-2-3-4-5-6-7-8-9(10)11/h2,4-6H,7-8H2,1H3,(H,10,11)/b6-5+. The maximum atomic E-state index is 10.0. The molecule has 2 heteroatoms. The second-order valence-corrected chi connectivity index (χ2v) is 1.98. The van der Waals surface area contributed by atoms with Crippen molar-refractivity contribution in [3.8, 4) is 0 Å². The molecule has 0 spiro atoms. The Balaban J connectivity index is 3.45. The minimum atomic E-state index is -0.760. The first-order valence-electron chi connectivity index (χ1n) is 3.51. The molecule has 0 amide bonds. The van der Waals surface area contributed by atoms with Crippen LogP contribution in [-0.2, 0) is 4.79 Å². The van der Waals surface area contributed by atoms with Crippen molar-refractivity contribution in [3.63, 3.8) is 0 Å². The molecule has 0 fully saturated rings. The van der Waals surface area contributed by atoms with E-state index in [0.717, 1.165) is 0 Å². The van der Waals surface area contributed by atoms with Crippen molar-refractivity contribution in [1.82, 2.24) is 0 Å². The highest BCUT2D eigenvalue weighted by atomic mass is 16.4. The average Bonchev–Trinajstić information content (AvgIpc) is 1.96. The quantitative estimate of drug-likeness (QED) is 0.495. The van der Waals surface area contributed by atoms with E-state index in [1.807, 2.05) is 13.0 Å². The average molecular weight is 152 g/mol. The number of hydrogen-bond acceptors (Lipinski definition) is 1. The summed E-state index contributed by atoms with van der Waals surface area (Å²) in [6, 6.07) is 0. The number of carboxylic acids is 1. The summed E-state index contributed by atoms with van der Waals surface area (Å²) in [7, 11) is 0. The SMILES string of the molecule is CC=C=C/C=C/CCC(=O)O. The van der Waals surface area contributed by atoms with E-state index in [2.05, 4.69) is 5.73 Å². The topological polar surface area (TPSA) is 37.3 Å². The molecular weight excluding hydrogens is 140 g/mol. The zero-order chi connectivity index (χ0) is 8.53. The van der Waals surface area contributed by atoms with Crippen molar-refractivity contribution in [2.75, 3.05) is 0 Å². The van der Waals surface area contributed by atoms with Crippen molar-refractivity contribution < 1.29 is 9.90 Å². The van der Waals surface area contributed by atoms with E-state index in [1.165, 1.54) is 0 Å². The monoisotopic (exact) mass is 152 g/mol. The van der Waals surface area contributed by atoms with Crippen LogP contribution < -0.4 is 0 Å². The Morgan fingerprint density at radius 2 is 2.36 bits per heavy atom. The van der Waals surface area contributed by atoms with Gasteiger partial charge in [0.05, 0.1) is 0 Å². The fourth-order valence-electron chi connectivity index (χ4n) is 0.523. The predicted molar refractivity (Wildman–Crippen MR) is 44.3 cm³/mol. The van der Waals surface area contributed by atoms with E-state index in [-0.39, 0.29) is 6.42 Å². The molecule has 0 aromatic heterocycles. The summed E-state index contributed by atoms with van der Waals surface area (Å²) in [6.07, 6.45) is 7.92. The van der Waals surface area contributed by atoms with Crippen LogP contribution in [0.1, 0.15) is 19.8 Å². The minimum Gasteiger partial charge on any atom is -0.481 e. The first-order valence-corrected chi connectivity index (χ1v) is 3.51. The molecule has 0 heterocycles. The molecule has 0 aliphatic carbocycles. The largest absolute Gasteiger partial charge is 0.481 e. The summed E-state index contributed by atoms with van der Waals surface area (Å²) in [5.41, 5.74) is 2.85. The molecule has 0 unspecified atom stereocenters. The van der Waals surface area contributed by atoms with Crippen LogP contribution in [0.3, 0.4) is 0 Å². The van der Waals surface area contributed by atoms with E-state index >= 15 is 0 Å². The van der Waals surface area contributed by atoms with Gasteiger partial charge in [0.15, 0.2) is 0 Å². The van der Waals surface area contributed by atoms with Crippen LogP contribution in [-0.4, -0.2) is 11.1 Å². The molecule has 0 bridgehead atoms. The van der Waals surface area contributed by atoms with Gasteiger partial charge in [-0.2, -0.15) is 0 Å². The van der Waals surface area contributed by atoms with Crippen LogP contribution in [0.4, 0.5) is 0 Å². The van der Waals surface area contributed by atoms with E-state index in [1.54, 1.807) is 18.2 Å². The van der Waals surface area contributed by atoms with Crippen molar-refractivity contribution in [2.45, 2.75) is 19.8 Å². The smallest absolute Gasteiger partial charge is 0.303 e. The third kappa shape index (κ3) is 8.73. The lowest BCUT2D eigenvalue weighted by atomic mass is 10.3. The Morgan fingerprint density at radius 1 is 1.64 bits per heavy atom. The molecule has 60 valence electrons. The maximum Gasteiger partial charge on any atom is 0.303 e. The lowest BCUT2D eigenvalue weighted by molar-refractivity contribution is -0.136. The molecule has 1 N–H and O–H groups in total. The third-order valence-electron chi connectivity index (χ3n) is 1.02. The van der Waals surface area contributed by atoms with Crippen LogP contribution in [0.2, 0.25) is 0 Å². The molecule has 0 aliphatic heterocycles. The fourth-order valence-corrected chi connectivity index (χ4v) is 0.523. The lowest BCUT2D eigenvalue weighted by Crippen LogP contribution is -1.91. The number of aliphatic carboxylic acids is 1. The van der Waals surface area contributed by atoms with E-state index in [4.69, 9.17) is 5.11 Å². The van der Waals surface area contributed by atoms with Crippen LogP contribution in [0, 0.1) is 0 Å². The van der Waals surface area contributed by atoms with E-state index < -0.39 is 5.97 Å². The van der Waals surface area contributed by atoms with Gasteiger partial charge in [-0.15, -0.1) is 5.73 Å². The van der Waals surface area contributed by atoms with Gasteiger partial charge in [-0.05, 0) is 25.5 Å². The second-order valence-electron chi connectivity index (χ2n) is 1.98. The Labute approximate surface area is 66.5 Å². The Morgan fingerprint density at radius 3 is 2.91 bits per heavy atom. The second kappa shape index (κ2) is 6.84. The van der Waals surface area contributed by atoms with Gasteiger partial charge in [-0.3, -0.25) is 4.79 Å². The first kappa shape index (κ1) is 9.73. The fraction of sp³-hybridized carbons (Fsp3) is 0.333. The highest BCUT2D eigenvalue weighted by molar-refractivity contribution is 5.66. The van der Waals surface area contributed by atoms with Gasteiger partial charge >= 0.3 is 5.97 Å².